The molecule has 4 rings (SSSR count). The number of nitrogens with zero attached hydrogens (tertiary/aromatic N) is 2. The largest absolute Gasteiger partial charge is 0.490 e. The van der Waals surface area contributed by atoms with Crippen molar-refractivity contribution in [3.63, 3.8) is 0 Å². The zero-order chi connectivity index (χ0) is 28.1. The molecule has 200 valence electrons. The highest BCUT2D eigenvalue weighted by molar-refractivity contribution is 14.1. The zero-order valence-corrected chi connectivity index (χ0v) is 23.4. The summed E-state index contributed by atoms with van der Waals surface area (Å²) in [6.45, 7) is 2.21. The summed E-state index contributed by atoms with van der Waals surface area (Å²) in [5.74, 6) is -0.627. The van der Waals surface area contributed by atoms with Crippen LogP contribution in [-0.4, -0.2) is 38.7 Å². The predicted octanol–water partition coefficient (Wildman–Crippen LogP) is 6.11. The van der Waals surface area contributed by atoms with Crippen LogP contribution in [0.3, 0.4) is 0 Å². The summed E-state index contributed by atoms with van der Waals surface area (Å²) in [6.07, 6.45) is 1.59. The molecule has 1 fully saturated rings. The fourth-order valence-corrected chi connectivity index (χ4v) is 5.38. The Bertz CT molecular complexity index is 1510. The SMILES string of the molecule is CCOc1cc(/C=C2\SC(=O)N(Cc3cccc([N+](=O)[O-])c3)C2=O)cc(I)c1OCc1cccc(C(=O)O)c1. The Balaban J connectivity index is 1.55. The number of hydrogen-bond acceptors (Lipinski definition) is 8. The third-order valence-electron chi connectivity index (χ3n) is 5.52. The van der Waals surface area contributed by atoms with Crippen LogP contribution in [0.15, 0.2) is 65.6 Å². The minimum atomic E-state index is -1.03. The molecule has 0 spiro atoms. The quantitative estimate of drug-likeness (QED) is 0.118. The van der Waals surface area contributed by atoms with Crippen LogP contribution in [0.25, 0.3) is 6.08 Å². The van der Waals surface area contributed by atoms with Gasteiger partial charge >= 0.3 is 5.97 Å². The van der Waals surface area contributed by atoms with Gasteiger partial charge in [0.15, 0.2) is 11.5 Å². The number of non-ortho nitro benzene ring substituents is 1. The summed E-state index contributed by atoms with van der Waals surface area (Å²) in [5, 5.41) is 19.8. The number of carbonyl (C=O) groups is 3. The number of amides is 2. The van der Waals surface area contributed by atoms with Crippen LogP contribution in [0.2, 0.25) is 0 Å². The smallest absolute Gasteiger partial charge is 0.335 e. The third-order valence-corrected chi connectivity index (χ3v) is 7.23. The Morgan fingerprint density at radius 3 is 2.56 bits per heavy atom. The van der Waals surface area contributed by atoms with E-state index in [-0.39, 0.29) is 29.3 Å². The molecule has 12 heteroatoms. The number of imide groups is 1. The van der Waals surface area contributed by atoms with E-state index < -0.39 is 22.0 Å². The Hall–Kier alpha value is -3.91. The van der Waals surface area contributed by atoms with Crippen molar-refractivity contribution in [2.75, 3.05) is 6.61 Å². The number of thioether (sulfide) groups is 1. The van der Waals surface area contributed by atoms with Crippen molar-refractivity contribution in [3.8, 4) is 11.5 Å². The van der Waals surface area contributed by atoms with E-state index in [1.165, 1.54) is 30.3 Å². The van der Waals surface area contributed by atoms with Crippen LogP contribution >= 0.6 is 34.4 Å². The number of rotatable bonds is 10. The first-order chi connectivity index (χ1) is 18.7. The van der Waals surface area contributed by atoms with E-state index in [0.717, 1.165) is 16.7 Å². The Kier molecular flexibility index (Phi) is 8.86. The molecule has 3 aromatic carbocycles. The van der Waals surface area contributed by atoms with E-state index >= 15 is 0 Å². The van der Waals surface area contributed by atoms with Crippen LogP contribution in [0, 0.1) is 13.7 Å². The Labute approximate surface area is 240 Å². The first-order valence-corrected chi connectivity index (χ1v) is 13.5. The van der Waals surface area contributed by atoms with Crippen molar-refractivity contribution in [3.05, 3.63) is 102 Å². The summed E-state index contributed by atoms with van der Waals surface area (Å²) in [6, 6.07) is 15.7. The van der Waals surface area contributed by atoms with E-state index in [1.54, 1.807) is 36.4 Å². The second-order valence-corrected chi connectivity index (χ2v) is 10.4. The summed E-state index contributed by atoms with van der Waals surface area (Å²) < 4.78 is 12.5. The number of hydrogen-bond donors (Lipinski definition) is 1. The topological polar surface area (TPSA) is 136 Å². The minimum Gasteiger partial charge on any atom is -0.490 e. The van der Waals surface area contributed by atoms with Crippen LogP contribution in [0.4, 0.5) is 10.5 Å². The highest BCUT2D eigenvalue weighted by Gasteiger charge is 2.35. The van der Waals surface area contributed by atoms with Crippen LogP contribution < -0.4 is 9.47 Å². The van der Waals surface area contributed by atoms with Gasteiger partial charge in [0.1, 0.15) is 6.61 Å². The fourth-order valence-electron chi connectivity index (χ4n) is 3.76. The first-order valence-electron chi connectivity index (χ1n) is 11.6. The maximum absolute atomic E-state index is 13.0. The second kappa shape index (κ2) is 12.3. The number of nitro groups is 1. The molecule has 1 aliphatic heterocycles. The molecule has 0 aromatic heterocycles. The van der Waals surface area contributed by atoms with E-state index in [4.69, 9.17) is 9.47 Å². The molecule has 1 aliphatic rings. The molecular formula is C27H21IN2O8S. The van der Waals surface area contributed by atoms with Gasteiger partial charge in [-0.2, -0.15) is 0 Å². The number of benzene rings is 3. The number of nitro benzene ring substituents is 1. The van der Waals surface area contributed by atoms with Crippen LogP contribution in [-0.2, 0) is 17.9 Å². The molecule has 1 heterocycles. The number of halogens is 1. The van der Waals surface area contributed by atoms with E-state index in [2.05, 4.69) is 22.6 Å². The molecule has 2 amide bonds. The highest BCUT2D eigenvalue weighted by Crippen LogP contribution is 2.38. The van der Waals surface area contributed by atoms with E-state index in [0.29, 0.717) is 38.4 Å². The molecule has 0 bridgehead atoms. The van der Waals surface area contributed by atoms with Crippen molar-refractivity contribution >= 4 is 63.2 Å². The van der Waals surface area contributed by atoms with Gasteiger partial charge in [-0.15, -0.1) is 0 Å². The van der Waals surface area contributed by atoms with Gasteiger partial charge in [0.25, 0.3) is 16.8 Å². The maximum Gasteiger partial charge on any atom is 0.335 e. The van der Waals surface area contributed by atoms with E-state index in [9.17, 15) is 29.6 Å². The highest BCUT2D eigenvalue weighted by atomic mass is 127. The van der Waals surface area contributed by atoms with Gasteiger partial charge in [-0.25, -0.2) is 4.79 Å². The monoisotopic (exact) mass is 660 g/mol. The zero-order valence-electron chi connectivity index (χ0n) is 20.5. The normalized spacial score (nSPS) is 14.1. The van der Waals surface area contributed by atoms with Crippen LogP contribution in [0.5, 0.6) is 11.5 Å². The van der Waals surface area contributed by atoms with Crippen LogP contribution in [0.1, 0.15) is 34.0 Å². The third kappa shape index (κ3) is 6.75. The molecule has 0 radical (unpaired) electrons. The molecule has 10 nitrogen and oxygen atoms in total. The number of ether oxygens (including phenoxy) is 2. The minimum absolute atomic E-state index is 0.0821. The van der Waals surface area contributed by atoms with Gasteiger partial charge in [-0.05, 0) is 88.3 Å². The van der Waals surface area contributed by atoms with Gasteiger partial charge in [0.2, 0.25) is 0 Å². The van der Waals surface area contributed by atoms with E-state index in [1.807, 2.05) is 6.92 Å². The number of carboxylic acids is 1. The molecular weight excluding hydrogens is 639 g/mol. The Morgan fingerprint density at radius 2 is 1.85 bits per heavy atom. The van der Waals surface area contributed by atoms with Gasteiger partial charge in [0.05, 0.1) is 32.1 Å². The summed E-state index contributed by atoms with van der Waals surface area (Å²) >= 11 is 2.87. The lowest BCUT2D eigenvalue weighted by Gasteiger charge is -2.15. The lowest BCUT2D eigenvalue weighted by atomic mass is 10.1. The first kappa shape index (κ1) is 28.1. The van der Waals surface area contributed by atoms with Gasteiger partial charge in [-0.3, -0.25) is 24.6 Å². The summed E-state index contributed by atoms with van der Waals surface area (Å²) in [5.41, 5.74) is 1.80. The van der Waals surface area contributed by atoms with Gasteiger partial charge in [0, 0.05) is 12.1 Å². The molecule has 0 aliphatic carbocycles. The molecule has 0 atom stereocenters. The van der Waals surface area contributed by atoms with Crippen molar-refractivity contribution in [2.45, 2.75) is 20.1 Å². The number of aromatic carboxylic acids is 1. The second-order valence-electron chi connectivity index (χ2n) is 8.25. The lowest BCUT2D eigenvalue weighted by molar-refractivity contribution is -0.384. The number of carboxylic acid groups (broad SMARTS) is 1. The standard InChI is InChI=1S/C27H21IN2O8S/c1-2-37-22-12-18(11-21(28)24(22)38-15-17-6-3-7-19(9-17)26(32)33)13-23-25(31)29(27(34)39-23)14-16-5-4-8-20(10-16)30(35)36/h3-13H,2,14-15H2,1H3,(H,32,33)/b23-13-. The Morgan fingerprint density at radius 1 is 1.10 bits per heavy atom. The fraction of sp³-hybridized carbons (Fsp3) is 0.148. The predicted molar refractivity (Wildman–Crippen MR) is 153 cm³/mol. The molecule has 3 aromatic rings. The average molecular weight is 660 g/mol. The maximum atomic E-state index is 13.0. The molecule has 39 heavy (non-hydrogen) atoms. The molecule has 1 saturated heterocycles. The van der Waals surface area contributed by atoms with Crippen molar-refractivity contribution < 1.29 is 33.9 Å². The molecule has 0 saturated carbocycles. The van der Waals surface area contributed by atoms with Crippen molar-refractivity contribution in [2.24, 2.45) is 0 Å². The molecule has 1 N–H and O–H groups in total. The van der Waals surface area contributed by atoms with Gasteiger partial charge < -0.3 is 14.6 Å². The number of carbonyl (C=O) groups excluding carboxylic acids is 2. The van der Waals surface area contributed by atoms with Crippen molar-refractivity contribution in [1.82, 2.24) is 4.90 Å². The average Bonchev–Trinajstić information content (AvgIpc) is 3.16. The molecule has 0 unspecified atom stereocenters. The summed E-state index contributed by atoms with van der Waals surface area (Å²) in [7, 11) is 0. The van der Waals surface area contributed by atoms with Gasteiger partial charge in [-0.1, -0.05) is 24.3 Å². The lowest BCUT2D eigenvalue weighted by Crippen LogP contribution is -2.27. The van der Waals surface area contributed by atoms with Crippen molar-refractivity contribution in [1.29, 1.82) is 0 Å². The summed E-state index contributed by atoms with van der Waals surface area (Å²) in [4.78, 5) is 48.7.